The van der Waals surface area contributed by atoms with Gasteiger partial charge < -0.3 is 11.1 Å². The summed E-state index contributed by atoms with van der Waals surface area (Å²) >= 11 is 0. The van der Waals surface area contributed by atoms with Crippen LogP contribution in [-0.4, -0.2) is 38.4 Å². The molecule has 21 heavy (non-hydrogen) atoms. The molecule has 2 amide bonds. The van der Waals surface area contributed by atoms with Crippen molar-refractivity contribution in [2.75, 3.05) is 13.5 Å². The summed E-state index contributed by atoms with van der Waals surface area (Å²) in [6.45, 7) is 3.74. The van der Waals surface area contributed by atoms with E-state index in [2.05, 4.69) is 11.1 Å². The monoisotopic (exact) mass is 291 g/mol. The van der Waals surface area contributed by atoms with Crippen molar-refractivity contribution in [3.8, 4) is 0 Å². The highest BCUT2D eigenvalue weighted by Crippen LogP contribution is 2.18. The molecule has 0 saturated carbocycles. The summed E-state index contributed by atoms with van der Waals surface area (Å²) in [5, 5.41) is 11.1. The molecule has 0 bridgehead atoms. The Morgan fingerprint density at radius 3 is 2.19 bits per heavy atom. The lowest BCUT2D eigenvalue weighted by Crippen LogP contribution is -2.24. The molecule has 0 aliphatic rings. The summed E-state index contributed by atoms with van der Waals surface area (Å²) in [4.78, 5) is 22.7. The molecule has 0 spiro atoms. The number of nitrogens with two attached hydrogens (primary N) is 1. The average Bonchev–Trinajstić information content (AvgIpc) is 2.47. The summed E-state index contributed by atoms with van der Waals surface area (Å²) in [6, 6.07) is 3.38. The minimum absolute atomic E-state index is 0.0986. The molecule has 1 aromatic rings. The largest absolute Gasteiger partial charge is 0.365 e. The van der Waals surface area contributed by atoms with E-state index in [-0.39, 0.29) is 12.4 Å². The van der Waals surface area contributed by atoms with Gasteiger partial charge in [0, 0.05) is 12.0 Å². The molecule has 114 valence electrons. The van der Waals surface area contributed by atoms with Gasteiger partial charge in [-0.1, -0.05) is 0 Å². The molecule has 2 radical (unpaired) electrons. The van der Waals surface area contributed by atoms with Gasteiger partial charge >= 0.3 is 0 Å². The fourth-order valence-electron chi connectivity index (χ4n) is 2.02. The topological polar surface area (TPSA) is 104 Å². The van der Waals surface area contributed by atoms with E-state index in [0.717, 1.165) is 16.7 Å². The molecule has 5 N–H and O–H groups in total. The van der Waals surface area contributed by atoms with Gasteiger partial charge in [-0.15, -0.1) is 0 Å². The Bertz CT molecular complexity index is 469. The van der Waals surface area contributed by atoms with E-state index in [4.69, 9.17) is 13.1 Å². The van der Waals surface area contributed by atoms with Crippen molar-refractivity contribution < 1.29 is 14.8 Å². The molecule has 0 heterocycles. The fraction of sp³-hybridized carbons (Fsp3) is 0.429. The number of benzene rings is 1. The van der Waals surface area contributed by atoms with Gasteiger partial charge in [-0.25, -0.2) is 5.48 Å². The number of aryl methyl sites for hydroxylation is 2. The number of hydrogen-bond donors (Lipinski definition) is 4. The van der Waals surface area contributed by atoms with Crippen LogP contribution in [0.25, 0.3) is 0 Å². The van der Waals surface area contributed by atoms with Crippen LogP contribution in [-0.2, 0) is 11.2 Å². The van der Waals surface area contributed by atoms with Crippen molar-refractivity contribution in [3.05, 3.63) is 34.4 Å². The van der Waals surface area contributed by atoms with E-state index in [1.165, 1.54) is 7.05 Å². The average molecular weight is 291 g/mol. The smallest absolute Gasteiger partial charge is 0.274 e. The molecule has 0 aliphatic heterocycles. The van der Waals surface area contributed by atoms with Crippen LogP contribution in [0.1, 0.15) is 33.5 Å². The first-order chi connectivity index (χ1) is 9.99. The van der Waals surface area contributed by atoms with Gasteiger partial charge in [0.1, 0.15) is 0 Å². The number of carbonyl (C=O) groups excluding carboxylic acids is 2. The Kier molecular flexibility index (Phi) is 9.08. The molecule has 0 fully saturated rings. The normalized spacial score (nSPS) is 9.38. The number of hydrogen-bond acceptors (Lipinski definition) is 4. The number of rotatable bonds is 5. The zero-order valence-electron chi connectivity index (χ0n) is 12.7. The third-order valence-corrected chi connectivity index (χ3v) is 2.96. The van der Waals surface area contributed by atoms with E-state index in [0.29, 0.717) is 18.4 Å². The molecule has 0 atom stereocenters. The van der Waals surface area contributed by atoms with Gasteiger partial charge in [0.2, 0.25) is 5.91 Å². The van der Waals surface area contributed by atoms with Crippen molar-refractivity contribution in [1.82, 2.24) is 10.8 Å². The van der Waals surface area contributed by atoms with Gasteiger partial charge in [-0.05, 0) is 62.6 Å². The highest BCUT2D eigenvalue weighted by Gasteiger charge is 2.11. The van der Waals surface area contributed by atoms with Gasteiger partial charge in [0.25, 0.3) is 5.91 Å². The van der Waals surface area contributed by atoms with Crippen LogP contribution in [0.4, 0.5) is 0 Å². The van der Waals surface area contributed by atoms with Gasteiger partial charge in [-0.3, -0.25) is 14.8 Å². The SMILES string of the molecule is CN.[B]CNC(=O)CCc1c(C)cc(C(=O)NO)cc1C. The third-order valence-electron chi connectivity index (χ3n) is 2.96. The van der Waals surface area contributed by atoms with Crippen LogP contribution in [0.15, 0.2) is 12.1 Å². The lowest BCUT2D eigenvalue weighted by molar-refractivity contribution is -0.120. The number of amides is 2. The molecule has 1 rings (SSSR count). The summed E-state index contributed by atoms with van der Waals surface area (Å²) < 4.78 is 0. The molecular formula is C14H22BN3O3. The number of nitrogens with one attached hydrogen (secondary N) is 2. The van der Waals surface area contributed by atoms with Gasteiger partial charge in [0.15, 0.2) is 0 Å². The van der Waals surface area contributed by atoms with Gasteiger partial charge in [0.05, 0.1) is 7.85 Å². The second-order valence-electron chi connectivity index (χ2n) is 4.33. The minimum Gasteiger partial charge on any atom is -0.365 e. The first kappa shape index (κ1) is 19.1. The lowest BCUT2D eigenvalue weighted by atomic mass is 9.95. The third kappa shape index (κ3) is 5.97. The Labute approximate surface area is 126 Å². The first-order valence-electron chi connectivity index (χ1n) is 6.58. The zero-order valence-corrected chi connectivity index (χ0v) is 12.7. The van der Waals surface area contributed by atoms with Crippen LogP contribution in [0.3, 0.4) is 0 Å². The van der Waals surface area contributed by atoms with E-state index in [9.17, 15) is 9.59 Å². The van der Waals surface area contributed by atoms with Crippen molar-refractivity contribution in [3.63, 3.8) is 0 Å². The molecule has 1 aromatic carbocycles. The van der Waals surface area contributed by atoms with E-state index in [1.54, 1.807) is 17.6 Å². The summed E-state index contributed by atoms with van der Waals surface area (Å²) in [7, 11) is 6.73. The fourth-order valence-corrected chi connectivity index (χ4v) is 2.02. The van der Waals surface area contributed by atoms with Crippen LogP contribution in [0, 0.1) is 13.8 Å². The molecule has 0 aliphatic carbocycles. The number of carbonyl (C=O) groups is 2. The minimum atomic E-state index is -0.543. The van der Waals surface area contributed by atoms with Crippen LogP contribution >= 0.6 is 0 Å². The molecular weight excluding hydrogens is 269 g/mol. The van der Waals surface area contributed by atoms with Gasteiger partial charge in [-0.2, -0.15) is 0 Å². The van der Waals surface area contributed by atoms with Crippen molar-refractivity contribution in [2.45, 2.75) is 26.7 Å². The van der Waals surface area contributed by atoms with Crippen molar-refractivity contribution in [1.29, 1.82) is 0 Å². The Balaban J connectivity index is 0.00000191. The molecule has 0 aromatic heterocycles. The van der Waals surface area contributed by atoms with Crippen LogP contribution < -0.4 is 16.5 Å². The van der Waals surface area contributed by atoms with Crippen molar-refractivity contribution in [2.24, 2.45) is 5.73 Å². The highest BCUT2D eigenvalue weighted by molar-refractivity contribution is 6.10. The highest BCUT2D eigenvalue weighted by atomic mass is 16.5. The van der Waals surface area contributed by atoms with Crippen molar-refractivity contribution >= 4 is 19.7 Å². The second-order valence-corrected chi connectivity index (χ2v) is 4.33. The quantitative estimate of drug-likeness (QED) is 0.352. The predicted molar refractivity (Wildman–Crippen MR) is 82.4 cm³/mol. The number of hydroxylamine groups is 1. The Morgan fingerprint density at radius 2 is 1.76 bits per heavy atom. The summed E-state index contributed by atoms with van der Waals surface area (Å²) in [5.74, 6) is -0.642. The van der Waals surface area contributed by atoms with E-state index < -0.39 is 5.91 Å². The Morgan fingerprint density at radius 1 is 1.24 bits per heavy atom. The maximum Gasteiger partial charge on any atom is 0.274 e. The predicted octanol–water partition coefficient (Wildman–Crippen LogP) is 0.172. The van der Waals surface area contributed by atoms with Crippen LogP contribution in [0.2, 0.25) is 0 Å². The first-order valence-corrected chi connectivity index (χ1v) is 6.58. The van der Waals surface area contributed by atoms with E-state index in [1.807, 2.05) is 13.8 Å². The molecule has 6 nitrogen and oxygen atoms in total. The maximum atomic E-state index is 11.4. The van der Waals surface area contributed by atoms with Crippen LogP contribution in [0.5, 0.6) is 0 Å². The summed E-state index contributed by atoms with van der Waals surface area (Å²) in [5.41, 5.74) is 9.36. The van der Waals surface area contributed by atoms with E-state index >= 15 is 0 Å². The molecule has 7 heteroatoms. The second kappa shape index (κ2) is 9.96. The Hall–Kier alpha value is -1.86. The standard InChI is InChI=1S/C13H17BN2O3.CH5N/c1-8-5-10(13(18)16-19)6-9(2)11(8)3-4-12(17)15-7-14;1-2/h5-6,19H,3-4,7H2,1-2H3,(H,15,17)(H,16,18);2H2,1H3. The maximum absolute atomic E-state index is 11.4. The zero-order chi connectivity index (χ0) is 16.4. The summed E-state index contributed by atoms with van der Waals surface area (Å²) in [6.07, 6.45) is 1.07. The molecule has 0 unspecified atom stereocenters. The molecule has 0 saturated heterocycles. The lowest BCUT2D eigenvalue weighted by Gasteiger charge is -2.12.